The molecule has 11 heavy (non-hydrogen) atoms. The normalized spacial score (nSPS) is 41.7. The van der Waals surface area contributed by atoms with Crippen LogP contribution >= 0.6 is 12.4 Å². The van der Waals surface area contributed by atoms with Gasteiger partial charge in [-0.3, -0.25) is 0 Å². The van der Waals surface area contributed by atoms with Gasteiger partial charge in [0.2, 0.25) is 0 Å². The lowest BCUT2D eigenvalue weighted by atomic mass is 9.92. The summed E-state index contributed by atoms with van der Waals surface area (Å²) in [4.78, 5) is 0. The number of hydrogen-bond acceptors (Lipinski definition) is 1. The summed E-state index contributed by atoms with van der Waals surface area (Å²) in [7, 11) is 0. The quantitative estimate of drug-likeness (QED) is 0.650. The molecule has 3 atom stereocenters. The van der Waals surface area contributed by atoms with Crippen molar-refractivity contribution in [2.45, 2.75) is 32.1 Å². The Kier molecular flexibility index (Phi) is 3.20. The van der Waals surface area contributed by atoms with Crippen molar-refractivity contribution in [2.75, 3.05) is 6.54 Å². The third-order valence-electron chi connectivity index (χ3n) is 3.53. The van der Waals surface area contributed by atoms with Gasteiger partial charge in [0.25, 0.3) is 0 Å². The second-order valence-corrected chi connectivity index (χ2v) is 3.93. The van der Waals surface area contributed by atoms with Gasteiger partial charge in [-0.1, -0.05) is 12.8 Å². The maximum absolute atomic E-state index is 5.69. The molecule has 0 aromatic heterocycles. The Hall–Kier alpha value is 0.250. The molecule has 2 aliphatic rings. The maximum atomic E-state index is 5.69. The molecule has 0 bridgehead atoms. The summed E-state index contributed by atoms with van der Waals surface area (Å²) < 4.78 is 0. The second kappa shape index (κ2) is 3.77. The van der Waals surface area contributed by atoms with Crippen LogP contribution in [0.4, 0.5) is 0 Å². The molecule has 0 amide bonds. The van der Waals surface area contributed by atoms with Crippen LogP contribution in [0, 0.1) is 17.8 Å². The van der Waals surface area contributed by atoms with Gasteiger partial charge >= 0.3 is 0 Å². The highest BCUT2D eigenvalue weighted by Gasteiger charge is 2.37. The van der Waals surface area contributed by atoms with E-state index in [4.69, 9.17) is 5.73 Å². The lowest BCUT2D eigenvalue weighted by Crippen LogP contribution is -2.18. The Bertz CT molecular complexity index is 127. The maximum Gasteiger partial charge on any atom is -0.00461 e. The number of fused-ring (bicyclic) bond motifs is 1. The van der Waals surface area contributed by atoms with Gasteiger partial charge in [0.1, 0.15) is 0 Å². The molecular weight excluding hydrogens is 158 g/mol. The molecule has 0 radical (unpaired) electrons. The first-order valence-electron chi connectivity index (χ1n) is 4.62. The van der Waals surface area contributed by atoms with Crippen LogP contribution in [-0.4, -0.2) is 6.54 Å². The summed E-state index contributed by atoms with van der Waals surface area (Å²) in [6.45, 7) is 0.946. The molecule has 0 aromatic rings. The van der Waals surface area contributed by atoms with Gasteiger partial charge < -0.3 is 5.73 Å². The molecule has 3 unspecified atom stereocenters. The molecule has 2 heteroatoms. The predicted molar refractivity (Wildman–Crippen MR) is 49.9 cm³/mol. The van der Waals surface area contributed by atoms with Gasteiger partial charge in [0.05, 0.1) is 0 Å². The van der Waals surface area contributed by atoms with Crippen molar-refractivity contribution in [3.63, 3.8) is 0 Å². The van der Waals surface area contributed by atoms with Crippen molar-refractivity contribution >= 4 is 12.4 Å². The Morgan fingerprint density at radius 3 is 2.64 bits per heavy atom. The first-order valence-corrected chi connectivity index (χ1v) is 4.62. The zero-order chi connectivity index (χ0) is 6.97. The molecule has 0 aromatic carbocycles. The highest BCUT2D eigenvalue weighted by Crippen LogP contribution is 2.46. The van der Waals surface area contributed by atoms with Gasteiger partial charge in [-0.15, -0.1) is 12.4 Å². The molecule has 2 rings (SSSR count). The van der Waals surface area contributed by atoms with Crippen LogP contribution in [0.1, 0.15) is 32.1 Å². The van der Waals surface area contributed by atoms with E-state index in [1.54, 1.807) is 0 Å². The SMILES string of the molecule is Cl.NCC1CCC2CCCC12. The van der Waals surface area contributed by atoms with E-state index >= 15 is 0 Å². The second-order valence-electron chi connectivity index (χ2n) is 3.93. The molecule has 2 aliphatic carbocycles. The average molecular weight is 176 g/mol. The van der Waals surface area contributed by atoms with Gasteiger partial charge in [-0.2, -0.15) is 0 Å². The Labute approximate surface area is 75.1 Å². The largest absolute Gasteiger partial charge is 0.330 e. The number of nitrogens with two attached hydrogens (primary N) is 1. The van der Waals surface area contributed by atoms with Crippen LogP contribution in [-0.2, 0) is 0 Å². The van der Waals surface area contributed by atoms with Gasteiger partial charge in [-0.05, 0) is 43.6 Å². The molecule has 2 fully saturated rings. The zero-order valence-electron chi connectivity index (χ0n) is 6.96. The Morgan fingerprint density at radius 2 is 1.91 bits per heavy atom. The molecule has 0 spiro atoms. The van der Waals surface area contributed by atoms with Gasteiger partial charge in [0.15, 0.2) is 0 Å². The van der Waals surface area contributed by atoms with Crippen molar-refractivity contribution in [1.82, 2.24) is 0 Å². The van der Waals surface area contributed by atoms with Gasteiger partial charge in [-0.25, -0.2) is 0 Å². The lowest BCUT2D eigenvalue weighted by Gasteiger charge is -2.15. The molecule has 1 nitrogen and oxygen atoms in total. The third-order valence-corrected chi connectivity index (χ3v) is 3.53. The first kappa shape index (κ1) is 9.34. The molecule has 0 saturated heterocycles. The van der Waals surface area contributed by atoms with Crippen molar-refractivity contribution in [1.29, 1.82) is 0 Å². The van der Waals surface area contributed by atoms with Crippen molar-refractivity contribution in [3.8, 4) is 0 Å². The summed E-state index contributed by atoms with van der Waals surface area (Å²) >= 11 is 0. The molecule has 66 valence electrons. The van der Waals surface area contributed by atoms with E-state index < -0.39 is 0 Å². The summed E-state index contributed by atoms with van der Waals surface area (Å²) in [5.41, 5.74) is 5.69. The van der Waals surface area contributed by atoms with Gasteiger partial charge in [0, 0.05) is 0 Å². The van der Waals surface area contributed by atoms with E-state index in [1.165, 1.54) is 32.1 Å². The fraction of sp³-hybridized carbons (Fsp3) is 1.00. The Morgan fingerprint density at radius 1 is 1.09 bits per heavy atom. The fourth-order valence-electron chi connectivity index (χ4n) is 2.98. The lowest BCUT2D eigenvalue weighted by molar-refractivity contribution is 0.360. The summed E-state index contributed by atoms with van der Waals surface area (Å²) in [6.07, 6.45) is 7.36. The monoisotopic (exact) mass is 175 g/mol. The average Bonchev–Trinajstić information content (AvgIpc) is 2.44. The van der Waals surface area contributed by atoms with Crippen LogP contribution in [0.3, 0.4) is 0 Å². The smallest absolute Gasteiger partial charge is 0.00461 e. The minimum atomic E-state index is 0. The van der Waals surface area contributed by atoms with Crippen LogP contribution < -0.4 is 5.73 Å². The number of hydrogen-bond donors (Lipinski definition) is 1. The van der Waals surface area contributed by atoms with Crippen molar-refractivity contribution in [2.24, 2.45) is 23.5 Å². The van der Waals surface area contributed by atoms with Crippen LogP contribution in [0.2, 0.25) is 0 Å². The molecule has 0 heterocycles. The topological polar surface area (TPSA) is 26.0 Å². The van der Waals surface area contributed by atoms with E-state index in [0.29, 0.717) is 0 Å². The van der Waals surface area contributed by atoms with Crippen LogP contribution in [0.5, 0.6) is 0 Å². The zero-order valence-corrected chi connectivity index (χ0v) is 7.78. The highest BCUT2D eigenvalue weighted by molar-refractivity contribution is 5.85. The summed E-state index contributed by atoms with van der Waals surface area (Å²) in [6, 6.07) is 0. The third kappa shape index (κ3) is 1.54. The molecular formula is C9H18ClN. The molecule has 2 saturated carbocycles. The van der Waals surface area contributed by atoms with E-state index in [9.17, 15) is 0 Å². The van der Waals surface area contributed by atoms with E-state index in [2.05, 4.69) is 0 Å². The van der Waals surface area contributed by atoms with E-state index in [0.717, 1.165) is 24.3 Å². The number of rotatable bonds is 1. The first-order chi connectivity index (χ1) is 4.92. The Balaban J connectivity index is 0.000000605. The van der Waals surface area contributed by atoms with E-state index in [1.807, 2.05) is 0 Å². The number of halogens is 1. The highest BCUT2D eigenvalue weighted by atomic mass is 35.5. The molecule has 2 N–H and O–H groups in total. The predicted octanol–water partition coefficient (Wildman–Crippen LogP) is 2.19. The standard InChI is InChI=1S/C9H17N.ClH/c10-6-8-5-4-7-2-1-3-9(7)8;/h7-9H,1-6,10H2;1H. The van der Waals surface area contributed by atoms with Crippen molar-refractivity contribution < 1.29 is 0 Å². The fourth-order valence-corrected chi connectivity index (χ4v) is 2.98. The van der Waals surface area contributed by atoms with E-state index in [-0.39, 0.29) is 12.4 Å². The summed E-state index contributed by atoms with van der Waals surface area (Å²) in [5.74, 6) is 3.01. The summed E-state index contributed by atoms with van der Waals surface area (Å²) in [5, 5.41) is 0. The minimum Gasteiger partial charge on any atom is -0.330 e. The van der Waals surface area contributed by atoms with Crippen LogP contribution in [0.15, 0.2) is 0 Å². The molecule has 0 aliphatic heterocycles. The van der Waals surface area contributed by atoms with Crippen LogP contribution in [0.25, 0.3) is 0 Å². The minimum absolute atomic E-state index is 0. The van der Waals surface area contributed by atoms with Crippen molar-refractivity contribution in [3.05, 3.63) is 0 Å².